The number of benzene rings is 2. The van der Waals surface area contributed by atoms with Gasteiger partial charge in [0.15, 0.2) is 0 Å². The summed E-state index contributed by atoms with van der Waals surface area (Å²) in [5, 5.41) is 2.83. The van der Waals surface area contributed by atoms with Gasteiger partial charge in [-0.05, 0) is 37.3 Å². The van der Waals surface area contributed by atoms with Crippen molar-refractivity contribution in [1.82, 2.24) is 14.9 Å². The van der Waals surface area contributed by atoms with Crippen molar-refractivity contribution in [2.75, 3.05) is 6.54 Å². The first-order valence-corrected chi connectivity index (χ1v) is 14.8. The summed E-state index contributed by atoms with van der Waals surface area (Å²) >= 11 is 0. The number of fused-ring (bicyclic) bond motifs is 1. The molecule has 0 spiro atoms. The van der Waals surface area contributed by atoms with Crippen molar-refractivity contribution in [2.45, 2.75) is 76.0 Å². The predicted molar refractivity (Wildman–Crippen MR) is 148 cm³/mol. The molecule has 3 fully saturated rings. The topological polar surface area (TPSA) is 63.3 Å². The lowest BCUT2D eigenvalue weighted by molar-refractivity contribution is -0.118. The molecule has 0 aromatic heterocycles. The van der Waals surface area contributed by atoms with Crippen LogP contribution in [-0.4, -0.2) is 52.6 Å². The third kappa shape index (κ3) is 4.83. The molecule has 7 nitrogen and oxygen atoms in total. The van der Waals surface area contributed by atoms with E-state index in [2.05, 4.69) is 84.2 Å². The van der Waals surface area contributed by atoms with Crippen LogP contribution in [-0.2, 0) is 18.6 Å². The summed E-state index contributed by atoms with van der Waals surface area (Å²) in [6.07, 6.45) is 5.25. The number of hydrogen-bond donors (Lipinski definition) is 1. The van der Waals surface area contributed by atoms with Crippen molar-refractivity contribution in [3.8, 4) is 0 Å². The second kappa shape index (κ2) is 10.9. The summed E-state index contributed by atoms with van der Waals surface area (Å²) in [7, 11) is -1.22. The summed E-state index contributed by atoms with van der Waals surface area (Å²) in [4.78, 5) is 13.9. The minimum absolute atomic E-state index is 0.0225. The van der Waals surface area contributed by atoms with Crippen molar-refractivity contribution in [2.24, 2.45) is 0 Å². The molecule has 8 heteroatoms. The Morgan fingerprint density at radius 3 is 2.47 bits per heavy atom. The van der Waals surface area contributed by atoms with Gasteiger partial charge in [0.05, 0.1) is 18.3 Å². The first-order valence-electron chi connectivity index (χ1n) is 13.7. The van der Waals surface area contributed by atoms with E-state index in [0.717, 1.165) is 25.8 Å². The summed E-state index contributed by atoms with van der Waals surface area (Å²) in [6, 6.07) is 21.8. The van der Waals surface area contributed by atoms with E-state index in [4.69, 9.17) is 13.8 Å². The minimum Gasteiger partial charge on any atom is -0.352 e. The van der Waals surface area contributed by atoms with E-state index >= 15 is 0 Å². The highest BCUT2D eigenvalue weighted by molar-refractivity contribution is 7.45. The molecule has 2 aromatic carbocycles. The standard InChI is InChI=1S/C30H36N3O4P/c1-4-25-26(18-27(35-25)32-19-20(2)30(34)31-21(32)3)36-38-33-17-11-16-24(33)29(37-38)28(22-12-7-5-8-13-22)23-14-9-6-10-15-23/h5-10,12-15,19,24-29H,3-4,11,16-18H2,1-2H3,(H,31,34)/t24-,25-,26-,27-,29-,38-/m1/s1. The molecule has 6 rings (SSSR count). The van der Waals surface area contributed by atoms with E-state index in [9.17, 15) is 4.79 Å². The number of carbonyl (C=O) groups is 1. The smallest absolute Gasteiger partial charge is 0.259 e. The van der Waals surface area contributed by atoms with Crippen LogP contribution in [0.1, 0.15) is 56.6 Å². The Morgan fingerprint density at radius 1 is 1.13 bits per heavy atom. The van der Waals surface area contributed by atoms with Gasteiger partial charge in [0.2, 0.25) is 0 Å². The van der Waals surface area contributed by atoms with Gasteiger partial charge in [0.1, 0.15) is 12.0 Å². The fourth-order valence-electron chi connectivity index (χ4n) is 6.17. The number of hydrogen-bond acceptors (Lipinski definition) is 6. The van der Waals surface area contributed by atoms with Gasteiger partial charge in [-0.2, -0.15) is 0 Å². The Bertz CT molecular complexity index is 1150. The second-order valence-corrected chi connectivity index (χ2v) is 11.9. The largest absolute Gasteiger partial charge is 0.352 e. The minimum atomic E-state index is -1.22. The monoisotopic (exact) mass is 533 g/mol. The van der Waals surface area contributed by atoms with Gasteiger partial charge < -0.3 is 24.0 Å². The molecule has 2 aromatic rings. The Morgan fingerprint density at radius 2 is 1.82 bits per heavy atom. The van der Waals surface area contributed by atoms with Gasteiger partial charge in [0, 0.05) is 36.7 Å². The molecule has 200 valence electrons. The number of rotatable bonds is 7. The molecule has 0 saturated carbocycles. The molecule has 4 aliphatic heterocycles. The Balaban J connectivity index is 1.23. The van der Waals surface area contributed by atoms with Crippen molar-refractivity contribution in [3.63, 3.8) is 0 Å². The van der Waals surface area contributed by atoms with E-state index in [1.807, 2.05) is 11.1 Å². The summed E-state index contributed by atoms with van der Waals surface area (Å²) in [6.45, 7) is 8.96. The van der Waals surface area contributed by atoms with Crippen molar-refractivity contribution in [1.29, 1.82) is 0 Å². The Hall–Kier alpha value is -2.54. The van der Waals surface area contributed by atoms with Crippen molar-refractivity contribution < 1.29 is 18.6 Å². The fourth-order valence-corrected chi connectivity index (χ4v) is 8.18. The van der Waals surface area contributed by atoms with Crippen LogP contribution in [0, 0.1) is 0 Å². The number of carbonyl (C=O) groups excluding carboxylic acids is 1. The third-order valence-electron chi connectivity index (χ3n) is 8.10. The van der Waals surface area contributed by atoms with Gasteiger partial charge in [0.25, 0.3) is 14.4 Å². The molecule has 1 N–H and O–H groups in total. The van der Waals surface area contributed by atoms with Crippen LogP contribution in [0.2, 0.25) is 0 Å². The highest BCUT2D eigenvalue weighted by Crippen LogP contribution is 2.60. The zero-order valence-corrected chi connectivity index (χ0v) is 22.9. The molecule has 0 radical (unpaired) electrons. The van der Waals surface area contributed by atoms with E-state index < -0.39 is 8.53 Å². The average Bonchev–Trinajstić information content (AvgIpc) is 3.65. The van der Waals surface area contributed by atoms with Crippen LogP contribution in [0.15, 0.2) is 84.8 Å². The molecule has 4 heterocycles. The van der Waals surface area contributed by atoms with E-state index in [0.29, 0.717) is 23.9 Å². The van der Waals surface area contributed by atoms with Crippen LogP contribution < -0.4 is 5.32 Å². The summed E-state index contributed by atoms with van der Waals surface area (Å²) in [5.41, 5.74) is 3.18. The Labute approximate surface area is 226 Å². The molecule has 6 atom stereocenters. The van der Waals surface area contributed by atoms with E-state index in [-0.39, 0.29) is 36.4 Å². The molecule has 4 aliphatic rings. The fraction of sp³-hybridized carbons (Fsp3) is 0.433. The maximum absolute atomic E-state index is 12.0. The maximum Gasteiger partial charge on any atom is 0.259 e. The van der Waals surface area contributed by atoms with Gasteiger partial charge in [-0.15, -0.1) is 0 Å². The molecule has 0 unspecified atom stereocenters. The van der Waals surface area contributed by atoms with Crippen molar-refractivity contribution in [3.05, 3.63) is 96.0 Å². The number of amides is 1. The molecule has 3 saturated heterocycles. The Kier molecular flexibility index (Phi) is 7.39. The lowest BCUT2D eigenvalue weighted by atomic mass is 9.83. The normalized spacial score (nSPS) is 31.6. The first kappa shape index (κ1) is 25.7. The number of nitrogens with zero attached hydrogens (tertiary/aromatic N) is 2. The molecular formula is C30H36N3O4P. The second-order valence-electron chi connectivity index (χ2n) is 10.5. The maximum atomic E-state index is 12.0. The van der Waals surface area contributed by atoms with Crippen LogP contribution in [0.5, 0.6) is 0 Å². The zero-order chi connectivity index (χ0) is 26.2. The average molecular weight is 534 g/mol. The number of ether oxygens (including phenoxy) is 1. The summed E-state index contributed by atoms with van der Waals surface area (Å²) < 4.78 is 22.6. The number of nitrogens with one attached hydrogen (secondary N) is 1. The highest BCUT2D eigenvalue weighted by atomic mass is 31.2. The van der Waals surface area contributed by atoms with Crippen molar-refractivity contribution >= 4 is 14.4 Å². The highest BCUT2D eigenvalue weighted by Gasteiger charge is 2.52. The van der Waals surface area contributed by atoms with Gasteiger partial charge in [-0.25, -0.2) is 4.67 Å². The van der Waals surface area contributed by atoms with Crippen LogP contribution in [0.25, 0.3) is 0 Å². The van der Waals surface area contributed by atoms with Gasteiger partial charge >= 0.3 is 0 Å². The predicted octanol–water partition coefficient (Wildman–Crippen LogP) is 5.63. The lowest BCUT2D eigenvalue weighted by Gasteiger charge is -2.32. The summed E-state index contributed by atoms with van der Waals surface area (Å²) in [5.74, 6) is 0.559. The molecule has 0 bridgehead atoms. The van der Waals surface area contributed by atoms with Gasteiger partial charge in [-0.1, -0.05) is 74.2 Å². The lowest BCUT2D eigenvalue weighted by Crippen LogP contribution is -2.42. The molecule has 1 amide bonds. The first-order chi connectivity index (χ1) is 18.5. The third-order valence-corrected chi connectivity index (χ3v) is 9.89. The molecule has 38 heavy (non-hydrogen) atoms. The zero-order valence-electron chi connectivity index (χ0n) is 22.0. The van der Waals surface area contributed by atoms with E-state index in [1.54, 1.807) is 6.92 Å². The molecular weight excluding hydrogens is 497 g/mol. The van der Waals surface area contributed by atoms with Crippen LogP contribution in [0.3, 0.4) is 0 Å². The quantitative estimate of drug-likeness (QED) is 0.466. The molecule has 0 aliphatic carbocycles. The van der Waals surface area contributed by atoms with E-state index in [1.165, 1.54) is 11.1 Å². The van der Waals surface area contributed by atoms with Crippen LogP contribution in [0.4, 0.5) is 0 Å². The SMILES string of the molecule is C=C1NC(=O)C(C)=CN1[C@H]1C[C@@H](O[P@]2O[C@@H](C(c3ccccc3)c3ccccc3)[C@H]3CCCN32)[C@@H](CC)O1. The van der Waals surface area contributed by atoms with Gasteiger partial charge in [-0.3, -0.25) is 4.79 Å². The van der Waals surface area contributed by atoms with Crippen LogP contribution >= 0.6 is 8.53 Å².